The molecule has 1 N–H and O–H groups in total. The van der Waals surface area contributed by atoms with Gasteiger partial charge in [-0.3, -0.25) is 0 Å². The van der Waals surface area contributed by atoms with Crippen molar-refractivity contribution < 1.29 is 0 Å². The monoisotopic (exact) mass is 266 g/mol. The number of nitrogens with one attached hydrogen (secondary N) is 1. The number of piperidine rings is 2. The van der Waals surface area contributed by atoms with Crippen LogP contribution in [0.25, 0.3) is 0 Å². The molecular weight excluding hydrogens is 232 g/mol. The van der Waals surface area contributed by atoms with Crippen LogP contribution in [0, 0.1) is 23.7 Å². The number of hydrogen-bond acceptors (Lipinski definition) is 2. The minimum absolute atomic E-state index is 0.884. The normalized spacial score (nSPS) is 28.7. The molecule has 2 nitrogen and oxygen atoms in total. The average Bonchev–Trinajstić information content (AvgIpc) is 2.46. The molecule has 0 aromatic carbocycles. The Bertz CT molecular complexity index is 238. The predicted molar refractivity (Wildman–Crippen MR) is 83.4 cm³/mol. The molecule has 2 heterocycles. The lowest BCUT2D eigenvalue weighted by atomic mass is 9.84. The van der Waals surface area contributed by atoms with Gasteiger partial charge in [0.25, 0.3) is 0 Å². The molecule has 0 aliphatic carbocycles. The molecule has 2 unspecified atom stereocenters. The zero-order valence-electron chi connectivity index (χ0n) is 13.3. The van der Waals surface area contributed by atoms with E-state index in [0.717, 1.165) is 23.7 Å². The van der Waals surface area contributed by atoms with E-state index in [1.807, 2.05) is 0 Å². The largest absolute Gasteiger partial charge is 0.316 e. The number of rotatable bonds is 5. The van der Waals surface area contributed by atoms with E-state index in [1.54, 1.807) is 0 Å². The first-order valence-corrected chi connectivity index (χ1v) is 8.60. The van der Waals surface area contributed by atoms with Crippen LogP contribution in [-0.4, -0.2) is 37.6 Å². The molecule has 2 rings (SSSR count). The SMILES string of the molecule is CC(C)C1CCN(CCC(C)C2CCCNC2)CC1. The van der Waals surface area contributed by atoms with E-state index >= 15 is 0 Å². The summed E-state index contributed by atoms with van der Waals surface area (Å²) in [6.07, 6.45) is 7.09. The van der Waals surface area contributed by atoms with Crippen LogP contribution in [0.5, 0.6) is 0 Å². The molecule has 0 radical (unpaired) electrons. The molecule has 2 aliphatic heterocycles. The maximum absolute atomic E-state index is 3.56. The second kappa shape index (κ2) is 7.64. The van der Waals surface area contributed by atoms with Crippen molar-refractivity contribution in [3.63, 3.8) is 0 Å². The predicted octanol–water partition coefficient (Wildman–Crippen LogP) is 3.38. The first kappa shape index (κ1) is 15.3. The third-order valence-electron chi connectivity index (χ3n) is 5.62. The summed E-state index contributed by atoms with van der Waals surface area (Å²) in [4.78, 5) is 2.71. The van der Waals surface area contributed by atoms with Gasteiger partial charge in [0.15, 0.2) is 0 Å². The van der Waals surface area contributed by atoms with Gasteiger partial charge in [-0.2, -0.15) is 0 Å². The van der Waals surface area contributed by atoms with Gasteiger partial charge in [-0.05, 0) is 88.5 Å². The lowest BCUT2D eigenvalue weighted by molar-refractivity contribution is 0.142. The quantitative estimate of drug-likeness (QED) is 0.820. The van der Waals surface area contributed by atoms with Crippen LogP contribution in [-0.2, 0) is 0 Å². The van der Waals surface area contributed by atoms with Crippen LogP contribution in [0.1, 0.15) is 52.9 Å². The Balaban J connectivity index is 1.63. The molecule has 0 amide bonds. The van der Waals surface area contributed by atoms with Gasteiger partial charge in [-0.25, -0.2) is 0 Å². The van der Waals surface area contributed by atoms with Gasteiger partial charge >= 0.3 is 0 Å². The fraction of sp³-hybridized carbons (Fsp3) is 1.00. The highest BCUT2D eigenvalue weighted by Crippen LogP contribution is 2.26. The molecule has 112 valence electrons. The van der Waals surface area contributed by atoms with Crippen molar-refractivity contribution in [1.29, 1.82) is 0 Å². The summed E-state index contributed by atoms with van der Waals surface area (Å²) in [5.41, 5.74) is 0. The summed E-state index contributed by atoms with van der Waals surface area (Å²) in [5, 5.41) is 3.56. The fourth-order valence-corrected chi connectivity index (χ4v) is 3.83. The van der Waals surface area contributed by atoms with Crippen LogP contribution in [0.2, 0.25) is 0 Å². The summed E-state index contributed by atoms with van der Waals surface area (Å²) in [6.45, 7) is 13.8. The van der Waals surface area contributed by atoms with Gasteiger partial charge in [0.1, 0.15) is 0 Å². The zero-order chi connectivity index (χ0) is 13.7. The van der Waals surface area contributed by atoms with Crippen LogP contribution in [0.3, 0.4) is 0 Å². The van der Waals surface area contributed by atoms with Crippen molar-refractivity contribution in [3.05, 3.63) is 0 Å². The van der Waals surface area contributed by atoms with Crippen molar-refractivity contribution in [2.24, 2.45) is 23.7 Å². The lowest BCUT2D eigenvalue weighted by Crippen LogP contribution is -2.38. The highest BCUT2D eigenvalue weighted by molar-refractivity contribution is 4.77. The highest BCUT2D eigenvalue weighted by atomic mass is 15.1. The van der Waals surface area contributed by atoms with Gasteiger partial charge in [0.2, 0.25) is 0 Å². The Labute approximate surface area is 120 Å². The molecule has 0 aromatic rings. The van der Waals surface area contributed by atoms with Crippen LogP contribution in [0.15, 0.2) is 0 Å². The topological polar surface area (TPSA) is 15.3 Å². The van der Waals surface area contributed by atoms with Gasteiger partial charge in [0.05, 0.1) is 0 Å². The van der Waals surface area contributed by atoms with Crippen molar-refractivity contribution in [1.82, 2.24) is 10.2 Å². The van der Waals surface area contributed by atoms with E-state index in [-0.39, 0.29) is 0 Å². The minimum atomic E-state index is 0.884. The Kier molecular flexibility index (Phi) is 6.15. The van der Waals surface area contributed by atoms with Crippen LogP contribution in [0.4, 0.5) is 0 Å². The van der Waals surface area contributed by atoms with E-state index < -0.39 is 0 Å². The number of likely N-dealkylation sites (tertiary alicyclic amines) is 1. The van der Waals surface area contributed by atoms with E-state index in [0.29, 0.717) is 0 Å². The van der Waals surface area contributed by atoms with Crippen LogP contribution >= 0.6 is 0 Å². The Morgan fingerprint density at radius 1 is 1.05 bits per heavy atom. The maximum Gasteiger partial charge on any atom is -0.00160 e. The molecule has 19 heavy (non-hydrogen) atoms. The number of nitrogens with zero attached hydrogens (tertiary/aromatic N) is 1. The molecule has 0 saturated carbocycles. The van der Waals surface area contributed by atoms with Crippen LogP contribution < -0.4 is 5.32 Å². The molecule has 2 heteroatoms. The molecular formula is C17H34N2. The Hall–Kier alpha value is -0.0800. The standard InChI is InChI=1S/C17H34N2/c1-14(2)16-7-11-19(12-8-16)10-6-15(3)17-5-4-9-18-13-17/h14-18H,4-13H2,1-3H3. The van der Waals surface area contributed by atoms with Gasteiger partial charge in [-0.1, -0.05) is 20.8 Å². The summed E-state index contributed by atoms with van der Waals surface area (Å²) in [5.74, 6) is 3.70. The molecule has 0 bridgehead atoms. The van der Waals surface area contributed by atoms with Crippen molar-refractivity contribution >= 4 is 0 Å². The third-order valence-corrected chi connectivity index (χ3v) is 5.62. The van der Waals surface area contributed by atoms with Crippen molar-refractivity contribution in [2.45, 2.75) is 52.9 Å². The second-order valence-corrected chi connectivity index (χ2v) is 7.30. The summed E-state index contributed by atoms with van der Waals surface area (Å²) in [7, 11) is 0. The van der Waals surface area contributed by atoms with Gasteiger partial charge < -0.3 is 10.2 Å². The lowest BCUT2D eigenvalue weighted by Gasteiger charge is -2.35. The van der Waals surface area contributed by atoms with E-state index in [1.165, 1.54) is 64.8 Å². The first-order chi connectivity index (χ1) is 9.16. The third kappa shape index (κ3) is 4.75. The maximum atomic E-state index is 3.56. The van der Waals surface area contributed by atoms with E-state index in [2.05, 4.69) is 31.0 Å². The Morgan fingerprint density at radius 2 is 1.79 bits per heavy atom. The zero-order valence-corrected chi connectivity index (χ0v) is 13.3. The first-order valence-electron chi connectivity index (χ1n) is 8.60. The van der Waals surface area contributed by atoms with Crippen molar-refractivity contribution in [2.75, 3.05) is 32.7 Å². The molecule has 0 spiro atoms. The number of hydrogen-bond donors (Lipinski definition) is 1. The molecule has 2 aliphatic rings. The van der Waals surface area contributed by atoms with Crippen molar-refractivity contribution in [3.8, 4) is 0 Å². The smallest absolute Gasteiger partial charge is 0.00160 e. The molecule has 0 aromatic heterocycles. The highest BCUT2D eigenvalue weighted by Gasteiger charge is 2.23. The summed E-state index contributed by atoms with van der Waals surface area (Å²) in [6, 6.07) is 0. The summed E-state index contributed by atoms with van der Waals surface area (Å²) < 4.78 is 0. The second-order valence-electron chi connectivity index (χ2n) is 7.30. The molecule has 2 fully saturated rings. The fourth-order valence-electron chi connectivity index (χ4n) is 3.83. The van der Waals surface area contributed by atoms with Gasteiger partial charge in [0, 0.05) is 0 Å². The molecule has 2 saturated heterocycles. The average molecular weight is 266 g/mol. The van der Waals surface area contributed by atoms with E-state index in [9.17, 15) is 0 Å². The van der Waals surface area contributed by atoms with Gasteiger partial charge in [-0.15, -0.1) is 0 Å². The summed E-state index contributed by atoms with van der Waals surface area (Å²) >= 11 is 0. The van der Waals surface area contributed by atoms with E-state index in [4.69, 9.17) is 0 Å². The minimum Gasteiger partial charge on any atom is -0.316 e. The Morgan fingerprint density at radius 3 is 2.37 bits per heavy atom. The molecule has 2 atom stereocenters.